The Morgan fingerprint density at radius 3 is 2.52 bits per heavy atom. The quantitative estimate of drug-likeness (QED) is 0.634. The highest BCUT2D eigenvalue weighted by molar-refractivity contribution is 5.77. The summed E-state index contributed by atoms with van der Waals surface area (Å²) >= 11 is 0. The summed E-state index contributed by atoms with van der Waals surface area (Å²) in [5.41, 5.74) is 7.71. The molecule has 1 rings (SSSR count). The molecule has 0 aliphatic rings. The van der Waals surface area contributed by atoms with Crippen LogP contribution in [-0.2, 0) is 22.6 Å². The summed E-state index contributed by atoms with van der Waals surface area (Å²) in [6, 6.07) is 8.21. The Hall–Kier alpha value is -1.43. The Labute approximate surface area is 127 Å². The van der Waals surface area contributed by atoms with Crippen LogP contribution in [0.25, 0.3) is 0 Å². The molecule has 5 nitrogen and oxygen atoms in total. The molecule has 0 spiro atoms. The summed E-state index contributed by atoms with van der Waals surface area (Å²) < 4.78 is 5.12. The number of carbonyl (C=O) groups excluding carboxylic acids is 1. The van der Waals surface area contributed by atoms with E-state index in [2.05, 4.69) is 36.2 Å². The Morgan fingerprint density at radius 2 is 1.90 bits per heavy atom. The number of hydrogen-bond acceptors (Lipinski definition) is 4. The Morgan fingerprint density at radius 1 is 1.24 bits per heavy atom. The Balaban J connectivity index is 2.52. The van der Waals surface area contributed by atoms with E-state index >= 15 is 0 Å². The van der Waals surface area contributed by atoms with Gasteiger partial charge in [-0.15, -0.1) is 0 Å². The molecule has 0 aliphatic heterocycles. The van der Waals surface area contributed by atoms with Crippen molar-refractivity contribution in [3.63, 3.8) is 0 Å². The smallest absolute Gasteiger partial charge is 0.246 e. The molecule has 0 fully saturated rings. The predicted molar refractivity (Wildman–Crippen MR) is 84.8 cm³/mol. The number of nitrogens with one attached hydrogen (secondary N) is 1. The van der Waals surface area contributed by atoms with Crippen LogP contribution in [-0.4, -0.2) is 43.7 Å². The van der Waals surface area contributed by atoms with Crippen LogP contribution in [0, 0.1) is 0 Å². The van der Waals surface area contributed by atoms with Crippen molar-refractivity contribution in [1.29, 1.82) is 0 Å². The fraction of sp³-hybridized carbons (Fsp3) is 0.562. The summed E-state index contributed by atoms with van der Waals surface area (Å²) in [4.78, 5) is 14.0. The van der Waals surface area contributed by atoms with Gasteiger partial charge in [0.25, 0.3) is 0 Å². The molecule has 5 heteroatoms. The zero-order chi connectivity index (χ0) is 15.5. The minimum Gasteiger partial charge on any atom is -0.370 e. The molecule has 0 radical (unpaired) electrons. The standard InChI is InChI=1S/C16H27N3O2/c1-3-19(4-2)12-15-8-6-5-7-14(15)11-18-16(20)13-21-10-9-17/h5-8H,3-4,9-13,17H2,1-2H3,(H,18,20). The third kappa shape index (κ3) is 6.71. The number of amides is 1. The summed E-state index contributed by atoms with van der Waals surface area (Å²) in [5, 5.41) is 2.88. The van der Waals surface area contributed by atoms with Gasteiger partial charge in [0.15, 0.2) is 0 Å². The zero-order valence-electron chi connectivity index (χ0n) is 13.1. The highest BCUT2D eigenvalue weighted by Crippen LogP contribution is 2.11. The van der Waals surface area contributed by atoms with Crippen molar-refractivity contribution < 1.29 is 9.53 Å². The molecule has 0 bridgehead atoms. The first kappa shape index (κ1) is 17.6. The Kier molecular flexibility index (Phi) is 8.66. The van der Waals surface area contributed by atoms with Crippen molar-refractivity contribution in [2.45, 2.75) is 26.9 Å². The number of hydrogen-bond donors (Lipinski definition) is 2. The molecule has 0 saturated heterocycles. The number of nitrogens with two attached hydrogens (primary N) is 1. The van der Waals surface area contributed by atoms with Gasteiger partial charge in [0, 0.05) is 19.6 Å². The lowest BCUT2D eigenvalue weighted by Gasteiger charge is -2.20. The van der Waals surface area contributed by atoms with Gasteiger partial charge in [-0.1, -0.05) is 38.1 Å². The molecule has 0 saturated carbocycles. The van der Waals surface area contributed by atoms with Gasteiger partial charge in [0.1, 0.15) is 6.61 Å². The summed E-state index contributed by atoms with van der Waals surface area (Å²) in [5.74, 6) is -0.110. The second-order valence-corrected chi connectivity index (χ2v) is 4.85. The van der Waals surface area contributed by atoms with Crippen molar-refractivity contribution in [1.82, 2.24) is 10.2 Å². The van der Waals surface area contributed by atoms with Gasteiger partial charge < -0.3 is 15.8 Å². The van der Waals surface area contributed by atoms with Crippen molar-refractivity contribution in [3.8, 4) is 0 Å². The molecule has 0 atom stereocenters. The van der Waals surface area contributed by atoms with Crippen LogP contribution < -0.4 is 11.1 Å². The summed E-state index contributed by atoms with van der Waals surface area (Å²) in [6.07, 6.45) is 0. The van der Waals surface area contributed by atoms with Gasteiger partial charge in [-0.3, -0.25) is 9.69 Å². The van der Waals surface area contributed by atoms with Crippen LogP contribution in [0.5, 0.6) is 0 Å². The summed E-state index contributed by atoms with van der Waals surface area (Å²) in [7, 11) is 0. The molecule has 0 unspecified atom stereocenters. The first-order valence-electron chi connectivity index (χ1n) is 7.54. The topological polar surface area (TPSA) is 67.6 Å². The van der Waals surface area contributed by atoms with E-state index in [1.807, 2.05) is 12.1 Å². The first-order valence-corrected chi connectivity index (χ1v) is 7.54. The normalized spacial score (nSPS) is 10.9. The summed E-state index contributed by atoms with van der Waals surface area (Å²) in [6.45, 7) is 8.69. The van der Waals surface area contributed by atoms with E-state index in [9.17, 15) is 4.79 Å². The molecular formula is C16H27N3O2. The van der Waals surface area contributed by atoms with Gasteiger partial charge >= 0.3 is 0 Å². The maximum absolute atomic E-state index is 11.6. The van der Waals surface area contributed by atoms with E-state index in [1.165, 1.54) is 5.56 Å². The van der Waals surface area contributed by atoms with Gasteiger partial charge in [-0.05, 0) is 24.2 Å². The van der Waals surface area contributed by atoms with Gasteiger partial charge in [-0.25, -0.2) is 0 Å². The van der Waals surface area contributed by atoms with Gasteiger partial charge in [0.05, 0.1) is 6.61 Å². The number of nitrogens with zero attached hydrogens (tertiary/aromatic N) is 1. The lowest BCUT2D eigenvalue weighted by molar-refractivity contribution is -0.125. The van der Waals surface area contributed by atoms with E-state index < -0.39 is 0 Å². The van der Waals surface area contributed by atoms with Crippen LogP contribution in [0.15, 0.2) is 24.3 Å². The number of carbonyl (C=O) groups is 1. The van der Waals surface area contributed by atoms with Crippen LogP contribution in [0.4, 0.5) is 0 Å². The van der Waals surface area contributed by atoms with Crippen molar-refractivity contribution >= 4 is 5.91 Å². The third-order valence-electron chi connectivity index (χ3n) is 3.38. The zero-order valence-corrected chi connectivity index (χ0v) is 13.1. The van der Waals surface area contributed by atoms with Crippen LogP contribution >= 0.6 is 0 Å². The first-order chi connectivity index (χ1) is 10.2. The van der Waals surface area contributed by atoms with E-state index in [0.29, 0.717) is 19.7 Å². The van der Waals surface area contributed by atoms with Gasteiger partial charge in [0.2, 0.25) is 5.91 Å². The third-order valence-corrected chi connectivity index (χ3v) is 3.38. The molecule has 3 N–H and O–H groups in total. The highest BCUT2D eigenvalue weighted by atomic mass is 16.5. The van der Waals surface area contributed by atoms with Gasteiger partial charge in [-0.2, -0.15) is 0 Å². The number of rotatable bonds is 10. The largest absolute Gasteiger partial charge is 0.370 e. The molecule has 1 aromatic carbocycles. The predicted octanol–water partition coefficient (Wildman–Crippen LogP) is 1.12. The second-order valence-electron chi connectivity index (χ2n) is 4.85. The molecule has 1 aromatic rings. The fourth-order valence-electron chi connectivity index (χ4n) is 2.07. The SMILES string of the molecule is CCN(CC)Cc1ccccc1CNC(=O)COCCN. The minimum atomic E-state index is -0.110. The maximum atomic E-state index is 11.6. The highest BCUT2D eigenvalue weighted by Gasteiger charge is 2.07. The molecule has 0 aromatic heterocycles. The second kappa shape index (κ2) is 10.3. The van der Waals surface area contributed by atoms with E-state index in [-0.39, 0.29) is 12.5 Å². The maximum Gasteiger partial charge on any atom is 0.246 e. The van der Waals surface area contributed by atoms with E-state index in [0.717, 1.165) is 25.2 Å². The Bertz CT molecular complexity index is 420. The number of ether oxygens (including phenoxy) is 1. The average Bonchev–Trinajstić information content (AvgIpc) is 2.51. The van der Waals surface area contributed by atoms with E-state index in [1.54, 1.807) is 0 Å². The van der Waals surface area contributed by atoms with Crippen LogP contribution in [0.3, 0.4) is 0 Å². The average molecular weight is 293 g/mol. The fourth-order valence-corrected chi connectivity index (χ4v) is 2.07. The number of benzene rings is 1. The lowest BCUT2D eigenvalue weighted by atomic mass is 10.1. The van der Waals surface area contributed by atoms with Crippen LogP contribution in [0.1, 0.15) is 25.0 Å². The van der Waals surface area contributed by atoms with Crippen LogP contribution in [0.2, 0.25) is 0 Å². The molecule has 0 aliphatic carbocycles. The monoisotopic (exact) mass is 293 g/mol. The lowest BCUT2D eigenvalue weighted by Crippen LogP contribution is -2.29. The molecular weight excluding hydrogens is 266 g/mol. The molecule has 1 amide bonds. The van der Waals surface area contributed by atoms with E-state index in [4.69, 9.17) is 10.5 Å². The van der Waals surface area contributed by atoms with Crippen molar-refractivity contribution in [2.24, 2.45) is 5.73 Å². The molecule has 21 heavy (non-hydrogen) atoms. The molecule has 0 heterocycles. The van der Waals surface area contributed by atoms with Crippen molar-refractivity contribution in [3.05, 3.63) is 35.4 Å². The molecule has 118 valence electrons. The minimum absolute atomic E-state index is 0.0649. The van der Waals surface area contributed by atoms with Crippen molar-refractivity contribution in [2.75, 3.05) is 32.8 Å².